The summed E-state index contributed by atoms with van der Waals surface area (Å²) in [7, 11) is 5.66. The van der Waals surface area contributed by atoms with Gasteiger partial charge in [-0.2, -0.15) is 5.06 Å². The molecule has 1 aliphatic heterocycles. The monoisotopic (exact) mass is 696 g/mol. The number of nitrogens with zero attached hydrogens (tertiary/aromatic N) is 2. The maximum atomic E-state index is 14.0. The third-order valence-electron chi connectivity index (χ3n) is 12.0. The summed E-state index contributed by atoms with van der Waals surface area (Å²) in [6.45, 7) is 9.98. The van der Waals surface area contributed by atoms with Crippen LogP contribution in [0.5, 0.6) is 5.75 Å². The lowest BCUT2D eigenvalue weighted by atomic mass is 9.45. The Kier molecular flexibility index (Phi) is 11.2. The minimum absolute atomic E-state index is 0.0636. The molecule has 8 atom stereocenters. The van der Waals surface area contributed by atoms with Crippen molar-refractivity contribution in [3.8, 4) is 16.9 Å². The van der Waals surface area contributed by atoms with Crippen LogP contribution in [0.15, 0.2) is 72.8 Å². The van der Waals surface area contributed by atoms with Crippen LogP contribution in [0.3, 0.4) is 0 Å². The minimum atomic E-state index is -0.714. The smallest absolute Gasteiger partial charge is 0.251 e. The van der Waals surface area contributed by atoms with E-state index in [1.165, 1.54) is 12.0 Å². The number of hydroxylamine groups is 2. The van der Waals surface area contributed by atoms with Gasteiger partial charge in [0.25, 0.3) is 5.91 Å². The molecule has 3 aromatic carbocycles. The van der Waals surface area contributed by atoms with Gasteiger partial charge in [0.1, 0.15) is 11.8 Å². The maximum absolute atomic E-state index is 14.0. The number of rotatable bonds is 13. The largest absolute Gasteiger partial charge is 0.496 e. The van der Waals surface area contributed by atoms with E-state index in [1.54, 1.807) is 19.1 Å². The lowest BCUT2D eigenvalue weighted by molar-refractivity contribution is -0.161. The molecule has 2 bridgehead atoms. The number of ether oxygens (including phenoxy) is 1. The summed E-state index contributed by atoms with van der Waals surface area (Å²) >= 11 is 0. The number of carbonyl (C=O) groups excluding carboxylic acids is 2. The molecular weight excluding hydrogens is 640 g/mol. The standard InChI is InChI=1S/C42H56N4O5/c1-26-36-21-32(42(36,3)4)22-37(26)44-41(49)38-35(27(2)47)25-51-46(38)23-31-17-12-18-34(39(31)50-7)29-15-11-16-30(20-29)40(48)43-33(24-45(5)6)19-28-13-9-8-10-14-28/h8-18,20,26-27,32-33,35-38,47H,19,21-25H2,1-7H3,(H,43,48)(H,44,49)/t26-,27-,32+,33-,35-,36-,37-,38-/m0/s1. The van der Waals surface area contributed by atoms with Crippen molar-refractivity contribution in [2.24, 2.45) is 29.1 Å². The number of carbonyl (C=O) groups is 2. The number of hydrogen-bond acceptors (Lipinski definition) is 7. The van der Waals surface area contributed by atoms with Crippen LogP contribution in [0.4, 0.5) is 0 Å². The zero-order valence-corrected chi connectivity index (χ0v) is 31.3. The van der Waals surface area contributed by atoms with Crippen molar-refractivity contribution in [2.75, 3.05) is 34.4 Å². The molecule has 1 saturated heterocycles. The predicted octanol–water partition coefficient (Wildman–Crippen LogP) is 5.56. The van der Waals surface area contributed by atoms with Crippen LogP contribution in [0, 0.1) is 29.1 Å². The molecule has 3 aliphatic carbocycles. The molecule has 0 unspecified atom stereocenters. The Balaban J connectivity index is 1.19. The van der Waals surface area contributed by atoms with Crippen LogP contribution >= 0.6 is 0 Å². The zero-order valence-electron chi connectivity index (χ0n) is 31.3. The molecule has 3 aromatic rings. The van der Waals surface area contributed by atoms with Crippen molar-refractivity contribution >= 4 is 11.8 Å². The fourth-order valence-corrected chi connectivity index (χ4v) is 8.99. The number of methoxy groups -OCH3 is 1. The first-order chi connectivity index (χ1) is 24.4. The van der Waals surface area contributed by atoms with Gasteiger partial charge in [0.15, 0.2) is 0 Å². The lowest BCUT2D eigenvalue weighted by Gasteiger charge is -2.62. The molecule has 0 spiro atoms. The van der Waals surface area contributed by atoms with E-state index in [9.17, 15) is 14.7 Å². The molecule has 0 radical (unpaired) electrons. The highest BCUT2D eigenvalue weighted by Crippen LogP contribution is 2.61. The Morgan fingerprint density at radius 3 is 2.47 bits per heavy atom. The van der Waals surface area contributed by atoms with E-state index in [0.29, 0.717) is 47.6 Å². The number of aliphatic hydroxyl groups is 1. The highest BCUT2D eigenvalue weighted by atomic mass is 16.7. The Morgan fingerprint density at radius 2 is 1.80 bits per heavy atom. The van der Waals surface area contributed by atoms with Gasteiger partial charge in [0, 0.05) is 41.2 Å². The second-order valence-electron chi connectivity index (χ2n) is 16.0. The summed E-state index contributed by atoms with van der Waals surface area (Å²) < 4.78 is 6.02. The first kappa shape index (κ1) is 37.0. The lowest BCUT2D eigenvalue weighted by Crippen LogP contribution is -2.62. The average molecular weight is 697 g/mol. The summed E-state index contributed by atoms with van der Waals surface area (Å²) in [5.41, 5.74) is 4.59. The van der Waals surface area contributed by atoms with E-state index >= 15 is 0 Å². The van der Waals surface area contributed by atoms with Gasteiger partial charge in [-0.25, -0.2) is 0 Å². The highest BCUT2D eigenvalue weighted by molar-refractivity contribution is 5.96. The summed E-state index contributed by atoms with van der Waals surface area (Å²) in [4.78, 5) is 35.9. The van der Waals surface area contributed by atoms with Gasteiger partial charge < -0.3 is 25.4 Å². The maximum Gasteiger partial charge on any atom is 0.251 e. The number of nitrogens with one attached hydrogen (secondary N) is 2. The minimum Gasteiger partial charge on any atom is -0.496 e. The van der Waals surface area contributed by atoms with E-state index in [2.05, 4.69) is 48.4 Å². The SMILES string of the molecule is COc1c(CN2OC[C@@H]([C@H](C)O)[C@H]2C(=O)N[C@H]2C[C@H]3C[C@@H]([C@@H]2C)C3(C)C)cccc1-c1cccc(C(=O)N[C@@H](Cc2ccccc2)CN(C)C)c1. The van der Waals surface area contributed by atoms with Crippen molar-refractivity contribution in [1.29, 1.82) is 0 Å². The van der Waals surface area contributed by atoms with E-state index < -0.39 is 12.1 Å². The molecule has 2 amide bonds. The average Bonchev–Trinajstić information content (AvgIpc) is 3.53. The molecular formula is C42H56N4O5. The molecule has 4 fully saturated rings. The van der Waals surface area contributed by atoms with Crippen LogP contribution in [-0.4, -0.2) is 85.5 Å². The van der Waals surface area contributed by atoms with E-state index in [4.69, 9.17) is 9.57 Å². The van der Waals surface area contributed by atoms with Crippen molar-refractivity contribution in [2.45, 2.75) is 77.7 Å². The summed E-state index contributed by atoms with van der Waals surface area (Å²) in [5, 5.41) is 19.1. The molecule has 0 aromatic heterocycles. The summed E-state index contributed by atoms with van der Waals surface area (Å²) in [5.74, 6) is 1.68. The van der Waals surface area contributed by atoms with Crippen LogP contribution in [-0.2, 0) is 22.6 Å². The van der Waals surface area contributed by atoms with Gasteiger partial charge in [-0.05, 0) is 86.7 Å². The molecule has 4 aliphatic rings. The van der Waals surface area contributed by atoms with Gasteiger partial charge in [-0.15, -0.1) is 0 Å². The molecule has 274 valence electrons. The third kappa shape index (κ3) is 7.87. The van der Waals surface area contributed by atoms with Crippen molar-refractivity contribution in [3.63, 3.8) is 0 Å². The molecule has 9 heteroatoms. The second-order valence-corrected chi connectivity index (χ2v) is 16.0. The van der Waals surface area contributed by atoms with E-state index in [-0.39, 0.29) is 36.4 Å². The van der Waals surface area contributed by atoms with Gasteiger partial charge in [0.05, 0.1) is 26.4 Å². The number of benzene rings is 3. The topological polar surface area (TPSA) is 103 Å². The number of para-hydroxylation sites is 1. The molecule has 51 heavy (non-hydrogen) atoms. The Labute approximate surface area is 303 Å². The quantitative estimate of drug-likeness (QED) is 0.215. The zero-order chi connectivity index (χ0) is 36.4. The van der Waals surface area contributed by atoms with Gasteiger partial charge in [-0.1, -0.05) is 81.4 Å². The van der Waals surface area contributed by atoms with Crippen molar-refractivity contribution in [1.82, 2.24) is 20.6 Å². The van der Waals surface area contributed by atoms with Crippen LogP contribution < -0.4 is 15.4 Å². The molecule has 7 rings (SSSR count). The summed E-state index contributed by atoms with van der Waals surface area (Å²) in [6, 6.07) is 23.1. The fourth-order valence-electron chi connectivity index (χ4n) is 8.99. The van der Waals surface area contributed by atoms with Crippen molar-refractivity contribution in [3.05, 3.63) is 89.5 Å². The van der Waals surface area contributed by atoms with Gasteiger partial charge in [0.2, 0.25) is 5.91 Å². The summed E-state index contributed by atoms with van der Waals surface area (Å²) in [6.07, 6.45) is 2.24. The van der Waals surface area contributed by atoms with Gasteiger partial charge >= 0.3 is 0 Å². The van der Waals surface area contributed by atoms with Crippen LogP contribution in [0.2, 0.25) is 0 Å². The second kappa shape index (κ2) is 15.5. The molecule has 9 nitrogen and oxygen atoms in total. The Bertz CT molecular complexity index is 1680. The third-order valence-corrected chi connectivity index (χ3v) is 12.0. The van der Waals surface area contributed by atoms with Crippen LogP contribution in [0.25, 0.3) is 11.1 Å². The normalized spacial score (nSPS) is 26.6. The predicted molar refractivity (Wildman–Crippen MR) is 200 cm³/mol. The van der Waals surface area contributed by atoms with E-state index in [0.717, 1.165) is 29.5 Å². The number of aliphatic hydroxyl groups excluding tert-OH is 1. The Morgan fingerprint density at radius 1 is 1.06 bits per heavy atom. The number of amides is 2. The molecule has 3 N–H and O–H groups in total. The first-order valence-electron chi connectivity index (χ1n) is 18.5. The molecule has 3 saturated carbocycles. The van der Waals surface area contributed by atoms with Crippen molar-refractivity contribution < 1.29 is 24.3 Å². The molecule has 1 heterocycles. The fraction of sp³-hybridized carbons (Fsp3) is 0.524. The van der Waals surface area contributed by atoms with Gasteiger partial charge in [-0.3, -0.25) is 14.4 Å². The number of likely N-dealkylation sites (N-methyl/N-ethyl adjacent to an activating group) is 1. The Hall–Kier alpha value is -3.76. The van der Waals surface area contributed by atoms with E-state index in [1.807, 2.05) is 74.8 Å². The first-order valence-corrected chi connectivity index (χ1v) is 18.5. The number of fused-ring (bicyclic) bond motifs is 2. The van der Waals surface area contributed by atoms with Crippen LogP contribution in [0.1, 0.15) is 62.0 Å². The number of hydrogen-bond donors (Lipinski definition) is 3. The highest BCUT2D eigenvalue weighted by Gasteiger charge is 2.57.